The third kappa shape index (κ3) is 4.83. The van der Waals surface area contributed by atoms with Gasteiger partial charge in [-0.15, -0.1) is 0 Å². The zero-order valence-corrected chi connectivity index (χ0v) is 36.9. The van der Waals surface area contributed by atoms with Crippen molar-refractivity contribution in [2.75, 3.05) is 0 Å². The zero-order valence-electron chi connectivity index (χ0n) is 36.9. The van der Waals surface area contributed by atoms with Crippen LogP contribution in [0.2, 0.25) is 0 Å². The van der Waals surface area contributed by atoms with Gasteiger partial charge in [0.15, 0.2) is 0 Å². The Hall–Kier alpha value is -8.06. The number of aryl methyl sites for hydroxylation is 2. The maximum Gasteiger partial charge on any atom is -0.000719 e. The van der Waals surface area contributed by atoms with Gasteiger partial charge >= 0.3 is 0 Å². The minimum absolute atomic E-state index is 1.07. The fourth-order valence-electron chi connectivity index (χ4n) is 12.8. The van der Waals surface area contributed by atoms with Crippen molar-refractivity contribution in [2.24, 2.45) is 0 Å². The lowest BCUT2D eigenvalue weighted by atomic mass is 9.85. The molecular weight excluding hydrogens is 793 g/mol. The zero-order chi connectivity index (χ0) is 43.4. The summed E-state index contributed by atoms with van der Waals surface area (Å²) in [6.45, 7) is 4.47. The lowest BCUT2D eigenvalue weighted by Gasteiger charge is -2.17. The van der Waals surface area contributed by atoms with Gasteiger partial charge in [-0.3, -0.25) is 0 Å². The van der Waals surface area contributed by atoms with E-state index in [2.05, 4.69) is 208 Å². The Morgan fingerprint density at radius 3 is 1.64 bits per heavy atom. The molecule has 1 aliphatic carbocycles. The first kappa shape index (κ1) is 36.3. The van der Waals surface area contributed by atoms with Gasteiger partial charge in [0.25, 0.3) is 0 Å². The van der Waals surface area contributed by atoms with Crippen molar-refractivity contribution < 1.29 is 0 Å². The Balaban J connectivity index is 1.14. The molecule has 0 spiro atoms. The van der Waals surface area contributed by atoms with Crippen LogP contribution in [-0.4, -0.2) is 0 Å². The first-order chi connectivity index (χ1) is 32.6. The molecule has 0 atom stereocenters. The van der Waals surface area contributed by atoms with Crippen LogP contribution >= 0.6 is 0 Å². The number of allylic oxidation sites excluding steroid dienone is 4. The van der Waals surface area contributed by atoms with Crippen LogP contribution in [0.3, 0.4) is 0 Å². The summed E-state index contributed by atoms with van der Waals surface area (Å²) in [4.78, 5) is 0. The summed E-state index contributed by atoms with van der Waals surface area (Å²) in [6, 6.07) is 67.8. The third-order valence-corrected chi connectivity index (χ3v) is 15.5. The second-order valence-corrected chi connectivity index (χ2v) is 19.1. The van der Waals surface area contributed by atoms with Crippen molar-refractivity contribution in [1.82, 2.24) is 0 Å². The topological polar surface area (TPSA) is 0 Å². The molecule has 0 bridgehead atoms. The summed E-state index contributed by atoms with van der Waals surface area (Å²) in [5, 5.41) is 26.6. The molecule has 0 heteroatoms. The number of fused-ring (bicyclic) bond motifs is 9. The van der Waals surface area contributed by atoms with E-state index in [4.69, 9.17) is 0 Å². The number of hydrogen-bond donors (Lipinski definition) is 0. The summed E-state index contributed by atoms with van der Waals surface area (Å²) in [6.07, 6.45) is 8.99. The van der Waals surface area contributed by atoms with Crippen molar-refractivity contribution in [3.05, 3.63) is 211 Å². The summed E-state index contributed by atoms with van der Waals surface area (Å²) >= 11 is 0. The van der Waals surface area contributed by atoms with E-state index in [0.29, 0.717) is 0 Å². The number of rotatable bonds is 4. The quantitative estimate of drug-likeness (QED) is 0.155. The molecule has 0 amide bonds. The first-order valence-corrected chi connectivity index (χ1v) is 23.6. The summed E-state index contributed by atoms with van der Waals surface area (Å²) in [7, 11) is 0. The van der Waals surface area contributed by atoms with Crippen molar-refractivity contribution in [3.8, 4) is 33.4 Å². The van der Waals surface area contributed by atoms with Gasteiger partial charge in [-0.25, -0.2) is 0 Å². The van der Waals surface area contributed by atoms with Gasteiger partial charge in [-0.2, -0.15) is 0 Å². The molecule has 1 aliphatic rings. The molecule has 14 aromatic rings. The van der Waals surface area contributed by atoms with E-state index in [0.717, 1.165) is 12.8 Å². The highest BCUT2D eigenvalue weighted by Gasteiger charge is 2.27. The standard InChI is InChI=1S/C66H42/c1-37-14-12-15-38(2)58(37)43-27-28-48-46(31-43)33-54-53-36-56-55(35-52(53)50-23-13-22-49(48)63(50)54)61(41-20-10-5-11-21-41)66-57-34-47-32-45(39-16-6-3-7-17-39)30-44-25-24-42-26-29-51(64(57)62(42)59(44)47)65(66)60(56)40-18-8-4-9-19-40/h3-6,8-16,18-36H,7,17H2,1-2H3. The maximum absolute atomic E-state index is 2.57. The molecule has 0 saturated heterocycles. The lowest BCUT2D eigenvalue weighted by Crippen LogP contribution is -1.91. The first-order valence-electron chi connectivity index (χ1n) is 23.6. The summed E-state index contributed by atoms with van der Waals surface area (Å²) in [5.41, 5.74) is 13.1. The van der Waals surface area contributed by atoms with Crippen molar-refractivity contribution in [1.29, 1.82) is 0 Å². The SMILES string of the molecule is Cc1cccc(C)c1-c1ccc2c(c1)cc1c3cc4c(-c5ccccc5)c5c6ccc7ccc8cc(C9=CC=CCC9)cc9cc(c5c(-c5ccccc5)c4cc3c3cccc2c31)c6c7c89. The van der Waals surface area contributed by atoms with Crippen LogP contribution < -0.4 is 0 Å². The highest BCUT2D eigenvalue weighted by atomic mass is 14.3. The molecule has 66 heavy (non-hydrogen) atoms. The molecule has 0 fully saturated rings. The number of hydrogen-bond acceptors (Lipinski definition) is 0. The van der Waals surface area contributed by atoms with Gasteiger partial charge in [-0.05, 0) is 233 Å². The largest absolute Gasteiger partial charge is 0.0842 e. The molecular formula is C66H42. The van der Waals surface area contributed by atoms with E-state index in [9.17, 15) is 0 Å². The molecule has 0 saturated carbocycles. The smallest absolute Gasteiger partial charge is 0.000719 e. The van der Waals surface area contributed by atoms with Gasteiger partial charge in [-0.1, -0.05) is 152 Å². The Morgan fingerprint density at radius 2 is 0.909 bits per heavy atom. The Kier molecular flexibility index (Phi) is 7.29. The highest BCUT2D eigenvalue weighted by Crippen LogP contribution is 2.55. The van der Waals surface area contributed by atoms with Crippen molar-refractivity contribution in [3.63, 3.8) is 0 Å². The molecule has 0 unspecified atom stereocenters. The molecule has 14 aromatic carbocycles. The molecule has 15 rings (SSSR count). The fraction of sp³-hybridized carbons (Fsp3) is 0.0606. The fourth-order valence-corrected chi connectivity index (χ4v) is 12.8. The molecule has 0 radical (unpaired) electrons. The molecule has 0 aliphatic heterocycles. The predicted molar refractivity (Wildman–Crippen MR) is 287 cm³/mol. The van der Waals surface area contributed by atoms with Crippen LogP contribution in [0.1, 0.15) is 29.5 Å². The highest BCUT2D eigenvalue weighted by molar-refractivity contribution is 6.46. The van der Waals surface area contributed by atoms with Crippen LogP contribution in [-0.2, 0) is 0 Å². The molecule has 306 valence electrons. The number of benzene rings is 12. The van der Waals surface area contributed by atoms with E-state index >= 15 is 0 Å². The maximum atomic E-state index is 2.57. The van der Waals surface area contributed by atoms with E-state index < -0.39 is 0 Å². The second-order valence-electron chi connectivity index (χ2n) is 19.1. The third-order valence-electron chi connectivity index (χ3n) is 15.5. The van der Waals surface area contributed by atoms with Gasteiger partial charge in [0.2, 0.25) is 0 Å². The second kappa shape index (κ2) is 13.3. The van der Waals surface area contributed by atoms with Gasteiger partial charge in [0.1, 0.15) is 0 Å². The van der Waals surface area contributed by atoms with E-state index in [1.807, 2.05) is 0 Å². The van der Waals surface area contributed by atoms with E-state index in [1.165, 1.54) is 163 Å². The van der Waals surface area contributed by atoms with Crippen LogP contribution in [0, 0.1) is 13.8 Å². The molecule has 0 N–H and O–H groups in total. The normalized spacial score (nSPS) is 13.5. The minimum Gasteiger partial charge on any atom is -0.0842 e. The Bertz CT molecular complexity index is 4410. The lowest BCUT2D eigenvalue weighted by molar-refractivity contribution is 1.05. The summed E-state index contributed by atoms with van der Waals surface area (Å²) < 4.78 is 0. The monoisotopic (exact) mass is 834 g/mol. The molecule has 0 aromatic heterocycles. The minimum atomic E-state index is 1.07. The van der Waals surface area contributed by atoms with Gasteiger partial charge in [0, 0.05) is 0 Å². The van der Waals surface area contributed by atoms with Gasteiger partial charge in [0.05, 0.1) is 0 Å². The molecule has 0 heterocycles. The Morgan fingerprint density at radius 1 is 0.303 bits per heavy atom. The van der Waals surface area contributed by atoms with Crippen molar-refractivity contribution >= 4 is 113 Å². The van der Waals surface area contributed by atoms with Crippen LogP contribution in [0.5, 0.6) is 0 Å². The van der Waals surface area contributed by atoms with Crippen LogP contribution in [0.4, 0.5) is 0 Å². The van der Waals surface area contributed by atoms with Crippen LogP contribution in [0.25, 0.3) is 147 Å². The summed E-state index contributed by atoms with van der Waals surface area (Å²) in [5.74, 6) is 0. The average molecular weight is 835 g/mol. The van der Waals surface area contributed by atoms with Gasteiger partial charge < -0.3 is 0 Å². The Labute approximate surface area is 382 Å². The van der Waals surface area contributed by atoms with E-state index in [-0.39, 0.29) is 0 Å². The molecule has 0 nitrogen and oxygen atoms in total. The van der Waals surface area contributed by atoms with Crippen molar-refractivity contribution in [2.45, 2.75) is 26.7 Å². The predicted octanol–water partition coefficient (Wildman–Crippen LogP) is 18.9. The van der Waals surface area contributed by atoms with Crippen LogP contribution in [0.15, 0.2) is 194 Å². The van der Waals surface area contributed by atoms with E-state index in [1.54, 1.807) is 0 Å². The average Bonchev–Trinajstić information content (AvgIpc) is 3.85.